The van der Waals surface area contributed by atoms with E-state index in [0.717, 1.165) is 33.4 Å². The summed E-state index contributed by atoms with van der Waals surface area (Å²) in [7, 11) is 0. The number of nitrogens with zero attached hydrogens (tertiary/aromatic N) is 2. The molecule has 0 amide bonds. The number of aromatic nitrogens is 2. The summed E-state index contributed by atoms with van der Waals surface area (Å²) in [4.78, 5) is 12.0. The Bertz CT molecular complexity index is 856. The highest BCUT2D eigenvalue weighted by Gasteiger charge is 2.20. The van der Waals surface area contributed by atoms with Crippen LogP contribution in [0.3, 0.4) is 0 Å². The van der Waals surface area contributed by atoms with Crippen LogP contribution in [0.15, 0.2) is 29.3 Å². The number of thiophene rings is 1. The van der Waals surface area contributed by atoms with E-state index in [2.05, 4.69) is 4.98 Å². The van der Waals surface area contributed by atoms with E-state index in [1.807, 2.05) is 30.4 Å². The number of thioether (sulfide) groups is 1. The van der Waals surface area contributed by atoms with Gasteiger partial charge in [0.05, 0.1) is 0 Å². The van der Waals surface area contributed by atoms with Crippen LogP contribution in [0.5, 0.6) is 0 Å². The van der Waals surface area contributed by atoms with Crippen LogP contribution < -0.4 is 0 Å². The molecule has 0 N–H and O–H groups in total. The van der Waals surface area contributed by atoms with Crippen molar-refractivity contribution < 1.29 is 4.39 Å². The van der Waals surface area contributed by atoms with Gasteiger partial charge in [-0.2, -0.15) is 0 Å². The van der Waals surface area contributed by atoms with E-state index in [-0.39, 0.29) is 5.82 Å². The van der Waals surface area contributed by atoms with Crippen molar-refractivity contribution in [1.82, 2.24) is 9.97 Å². The second-order valence-electron chi connectivity index (χ2n) is 5.88. The lowest BCUT2D eigenvalue weighted by atomic mass is 9.97. The Morgan fingerprint density at radius 2 is 1.91 bits per heavy atom. The average molecular weight is 344 g/mol. The molecule has 0 unspecified atom stereocenters. The maximum atomic E-state index is 13.0. The fraction of sp³-hybridized carbons (Fsp3) is 0.333. The van der Waals surface area contributed by atoms with Gasteiger partial charge in [-0.1, -0.05) is 12.1 Å². The molecule has 23 heavy (non-hydrogen) atoms. The minimum absolute atomic E-state index is 0.189. The summed E-state index contributed by atoms with van der Waals surface area (Å²) in [5.41, 5.74) is 2.59. The molecular weight excluding hydrogens is 327 g/mol. The molecule has 0 aliphatic heterocycles. The summed E-state index contributed by atoms with van der Waals surface area (Å²) in [6, 6.07) is 6.72. The lowest BCUT2D eigenvalue weighted by Gasteiger charge is -2.11. The Morgan fingerprint density at radius 3 is 2.74 bits per heavy atom. The first kappa shape index (κ1) is 15.1. The Hall–Kier alpha value is -1.46. The highest BCUT2D eigenvalue weighted by atomic mass is 32.2. The molecule has 1 aliphatic rings. The molecule has 0 saturated carbocycles. The first-order chi connectivity index (χ1) is 11.2. The van der Waals surface area contributed by atoms with Gasteiger partial charge >= 0.3 is 0 Å². The minimum Gasteiger partial charge on any atom is -0.226 e. The van der Waals surface area contributed by atoms with Gasteiger partial charge < -0.3 is 0 Å². The maximum absolute atomic E-state index is 13.0. The number of halogens is 1. The molecule has 0 radical (unpaired) electrons. The topological polar surface area (TPSA) is 25.8 Å². The summed E-state index contributed by atoms with van der Waals surface area (Å²) in [6.45, 7) is 1.96. The van der Waals surface area contributed by atoms with Crippen LogP contribution in [0, 0.1) is 12.7 Å². The molecule has 2 nitrogen and oxygen atoms in total. The van der Waals surface area contributed by atoms with E-state index in [1.54, 1.807) is 11.8 Å². The van der Waals surface area contributed by atoms with E-state index >= 15 is 0 Å². The lowest BCUT2D eigenvalue weighted by Crippen LogP contribution is -1.99. The third-order valence-corrected chi connectivity index (χ3v) is 6.41. The highest BCUT2D eigenvalue weighted by Crippen LogP contribution is 2.40. The average Bonchev–Trinajstić information content (AvgIpc) is 2.92. The normalized spacial score (nSPS) is 14.2. The van der Waals surface area contributed by atoms with E-state index in [4.69, 9.17) is 4.98 Å². The van der Waals surface area contributed by atoms with Crippen LogP contribution in [-0.2, 0) is 18.6 Å². The zero-order chi connectivity index (χ0) is 15.8. The molecule has 3 aromatic rings. The second-order valence-corrected chi connectivity index (χ2v) is 7.93. The minimum atomic E-state index is -0.189. The quantitative estimate of drug-likeness (QED) is 0.476. The Morgan fingerprint density at radius 1 is 1.13 bits per heavy atom. The van der Waals surface area contributed by atoms with Crippen molar-refractivity contribution in [3.63, 3.8) is 0 Å². The van der Waals surface area contributed by atoms with Gasteiger partial charge in [0.15, 0.2) is 0 Å². The first-order valence-electron chi connectivity index (χ1n) is 7.87. The summed E-state index contributed by atoms with van der Waals surface area (Å²) in [5.74, 6) is 1.44. The van der Waals surface area contributed by atoms with Crippen molar-refractivity contribution in [1.29, 1.82) is 0 Å². The zero-order valence-electron chi connectivity index (χ0n) is 12.9. The van der Waals surface area contributed by atoms with Crippen molar-refractivity contribution >= 4 is 33.3 Å². The summed E-state index contributed by atoms with van der Waals surface area (Å²) >= 11 is 3.57. The molecule has 4 rings (SSSR count). The van der Waals surface area contributed by atoms with Gasteiger partial charge in [-0.15, -0.1) is 23.1 Å². The molecule has 5 heteroatoms. The summed E-state index contributed by atoms with van der Waals surface area (Å²) in [5, 5.41) is 2.35. The van der Waals surface area contributed by atoms with Gasteiger partial charge in [-0.3, -0.25) is 0 Å². The van der Waals surface area contributed by atoms with Crippen LogP contribution in [-0.4, -0.2) is 9.97 Å². The molecule has 0 fully saturated rings. The third kappa shape index (κ3) is 3.00. The maximum Gasteiger partial charge on any atom is 0.128 e. The zero-order valence-corrected chi connectivity index (χ0v) is 14.6. The van der Waals surface area contributed by atoms with Crippen molar-refractivity contribution in [2.45, 2.75) is 43.4 Å². The predicted octanol–water partition coefficient (Wildman–Crippen LogP) is 5.31. The highest BCUT2D eigenvalue weighted by molar-refractivity contribution is 7.98. The largest absolute Gasteiger partial charge is 0.226 e. The van der Waals surface area contributed by atoms with Gasteiger partial charge in [0.2, 0.25) is 0 Å². The third-order valence-electron chi connectivity index (χ3n) is 4.18. The van der Waals surface area contributed by atoms with E-state index < -0.39 is 0 Å². The number of rotatable bonds is 3. The smallest absolute Gasteiger partial charge is 0.128 e. The van der Waals surface area contributed by atoms with Gasteiger partial charge in [-0.25, -0.2) is 14.4 Å². The fourth-order valence-corrected chi connectivity index (χ4v) is 5.49. The molecule has 2 aromatic heterocycles. The molecule has 1 aliphatic carbocycles. The molecule has 0 bridgehead atoms. The molecule has 0 atom stereocenters. The van der Waals surface area contributed by atoms with Crippen molar-refractivity contribution in [3.8, 4) is 0 Å². The standard InChI is InChI=1S/C18H17FN2S2/c1-11-20-17(22-10-12-6-8-13(19)9-7-12)16-14-4-2-3-5-15(14)23-18(16)21-11/h6-9H,2-5,10H2,1H3. The number of aryl methyl sites for hydroxylation is 3. The monoisotopic (exact) mass is 344 g/mol. The first-order valence-corrected chi connectivity index (χ1v) is 9.67. The van der Waals surface area contributed by atoms with Gasteiger partial charge in [0, 0.05) is 16.0 Å². The van der Waals surface area contributed by atoms with E-state index in [0.29, 0.717) is 0 Å². The Labute approximate surface area is 143 Å². The van der Waals surface area contributed by atoms with Crippen LogP contribution in [0.2, 0.25) is 0 Å². The molecule has 0 spiro atoms. The van der Waals surface area contributed by atoms with Gasteiger partial charge in [0.25, 0.3) is 0 Å². The van der Waals surface area contributed by atoms with Crippen LogP contribution in [0.25, 0.3) is 10.2 Å². The molecule has 2 heterocycles. The van der Waals surface area contributed by atoms with Crippen molar-refractivity contribution in [2.75, 3.05) is 0 Å². The Kier molecular flexibility index (Phi) is 4.07. The number of hydrogen-bond acceptors (Lipinski definition) is 4. The molecule has 118 valence electrons. The fourth-order valence-electron chi connectivity index (χ4n) is 3.06. The predicted molar refractivity (Wildman–Crippen MR) is 94.8 cm³/mol. The van der Waals surface area contributed by atoms with Gasteiger partial charge in [0.1, 0.15) is 21.5 Å². The van der Waals surface area contributed by atoms with Crippen LogP contribution in [0.4, 0.5) is 4.39 Å². The summed E-state index contributed by atoms with van der Waals surface area (Å²) < 4.78 is 13.0. The van der Waals surface area contributed by atoms with Crippen LogP contribution >= 0.6 is 23.1 Å². The number of fused-ring (bicyclic) bond motifs is 3. The van der Waals surface area contributed by atoms with Gasteiger partial charge in [-0.05, 0) is 55.9 Å². The molecule has 1 aromatic carbocycles. The Balaban J connectivity index is 1.70. The number of hydrogen-bond donors (Lipinski definition) is 0. The van der Waals surface area contributed by atoms with E-state index in [9.17, 15) is 4.39 Å². The SMILES string of the molecule is Cc1nc(SCc2ccc(F)cc2)c2c3c(sc2n1)CCCC3. The molecular formula is C18H17FN2S2. The second kappa shape index (κ2) is 6.21. The number of benzene rings is 1. The van der Waals surface area contributed by atoms with Crippen LogP contribution in [0.1, 0.15) is 34.7 Å². The van der Waals surface area contributed by atoms with Crippen molar-refractivity contribution in [2.24, 2.45) is 0 Å². The lowest BCUT2D eigenvalue weighted by molar-refractivity contribution is 0.627. The van der Waals surface area contributed by atoms with Crippen molar-refractivity contribution in [3.05, 3.63) is 51.9 Å². The molecule has 0 saturated heterocycles. The summed E-state index contributed by atoms with van der Waals surface area (Å²) in [6.07, 6.45) is 4.86. The van der Waals surface area contributed by atoms with E-state index in [1.165, 1.54) is 47.2 Å².